The Hall–Kier alpha value is -0.278. The number of hydrogen-bond acceptors (Lipinski definition) is 8. The molecule has 1 aliphatic rings. The molecule has 2 aromatic carbocycles. The molecule has 0 bridgehead atoms. The monoisotopic (exact) mass is 574 g/mol. The van der Waals surface area contributed by atoms with Gasteiger partial charge >= 0.3 is 59.1 Å². The Labute approximate surface area is 248 Å². The third-order valence-electron chi connectivity index (χ3n) is 3.81. The van der Waals surface area contributed by atoms with E-state index in [-0.39, 0.29) is 110 Å². The Bertz CT molecular complexity index is 1330. The van der Waals surface area contributed by atoms with Crippen molar-refractivity contribution in [3.63, 3.8) is 0 Å². The Balaban J connectivity index is 0. The van der Waals surface area contributed by atoms with Crippen LogP contribution in [0.4, 0.5) is 5.69 Å². The standard InChI is InChI=1S/C16H11ClN2O8S2.Cr.2Na.H2O/c17-9-2-4-12(20)11(6-9)18-19-16-13(21)3-1-8-5-10(28(22,23)24)7-14(15(8)16)29(25,26)27;;;;/h1-7,18,20H,(H,22,23,24)(H,25,26,27);;;;1H2/q;;2*+1;. The van der Waals surface area contributed by atoms with Crippen molar-refractivity contribution in [3.05, 3.63) is 52.6 Å². The van der Waals surface area contributed by atoms with Crippen LogP contribution in [0, 0.1) is 0 Å². The van der Waals surface area contributed by atoms with E-state index in [0.717, 1.165) is 18.2 Å². The summed E-state index contributed by atoms with van der Waals surface area (Å²) >= 11 is 5.82. The fourth-order valence-electron chi connectivity index (χ4n) is 2.54. The van der Waals surface area contributed by atoms with Crippen LogP contribution < -0.4 is 64.5 Å². The number of hydrazone groups is 1. The van der Waals surface area contributed by atoms with Crippen molar-refractivity contribution in [1.29, 1.82) is 0 Å². The minimum atomic E-state index is -5.02. The van der Waals surface area contributed by atoms with Crippen LogP contribution in [-0.2, 0) is 42.4 Å². The predicted octanol–water partition coefficient (Wildman–Crippen LogP) is -4.87. The summed E-state index contributed by atoms with van der Waals surface area (Å²) in [6, 6.07) is 5.35. The molecule has 11 nitrogen and oxygen atoms in total. The van der Waals surface area contributed by atoms with E-state index < -0.39 is 41.5 Å². The summed E-state index contributed by atoms with van der Waals surface area (Å²) in [5.74, 6) is -1.04. The molecule has 6 N–H and O–H groups in total. The third-order valence-corrected chi connectivity index (χ3v) is 5.76. The number of fused-ring (bicyclic) bond motifs is 1. The molecule has 0 atom stereocenters. The molecule has 0 fully saturated rings. The van der Waals surface area contributed by atoms with E-state index in [1.807, 2.05) is 0 Å². The topological polar surface area (TPSA) is 202 Å². The second-order valence-corrected chi connectivity index (χ2v) is 9.01. The molecule has 166 valence electrons. The van der Waals surface area contributed by atoms with E-state index in [4.69, 9.17) is 11.6 Å². The number of hydrogen-bond donors (Lipinski definition) is 4. The second-order valence-electron chi connectivity index (χ2n) is 5.77. The summed E-state index contributed by atoms with van der Waals surface area (Å²) in [5.41, 5.74) is 1.38. The zero-order valence-corrected chi connectivity index (χ0v) is 24.6. The van der Waals surface area contributed by atoms with Gasteiger partial charge in [0.15, 0.2) is 0 Å². The molecule has 0 spiro atoms. The Kier molecular flexibility index (Phi) is 13.9. The zero-order valence-electron chi connectivity index (χ0n) is 17.0. The molecule has 1 aliphatic carbocycles. The number of allylic oxidation sites excluding steroid dienone is 1. The minimum absolute atomic E-state index is 0. The van der Waals surface area contributed by atoms with Crippen LogP contribution in [0.5, 0.6) is 5.75 Å². The summed E-state index contributed by atoms with van der Waals surface area (Å²) in [7, 11) is -9.84. The first-order valence-electron chi connectivity index (χ1n) is 7.56. The number of phenolic OH excluding ortho intramolecular Hbond substituents is 1. The van der Waals surface area contributed by atoms with Crippen LogP contribution in [-0.4, -0.2) is 48.0 Å². The number of carbonyl (C=O) groups is 1. The maximum atomic E-state index is 12.3. The van der Waals surface area contributed by atoms with Gasteiger partial charge in [-0.05, 0) is 42.0 Å². The van der Waals surface area contributed by atoms with Gasteiger partial charge in [0.25, 0.3) is 20.2 Å². The van der Waals surface area contributed by atoms with Crippen LogP contribution >= 0.6 is 11.6 Å². The molecule has 33 heavy (non-hydrogen) atoms. The summed E-state index contributed by atoms with van der Waals surface area (Å²) in [6.07, 6.45) is 2.10. The first kappa shape index (κ1) is 34.9. The van der Waals surface area contributed by atoms with E-state index in [0.29, 0.717) is 6.07 Å². The molecular formula is C16H13ClCrN2Na2O9S2+2. The molecule has 2 aromatic rings. The van der Waals surface area contributed by atoms with Crippen LogP contribution in [0.1, 0.15) is 11.1 Å². The van der Waals surface area contributed by atoms with E-state index in [2.05, 4.69) is 10.5 Å². The van der Waals surface area contributed by atoms with Crippen LogP contribution in [0.3, 0.4) is 0 Å². The fourth-order valence-corrected chi connectivity index (χ4v) is 4.08. The number of carbonyl (C=O) groups excluding carboxylic acids is 1. The van der Waals surface area contributed by atoms with Gasteiger partial charge in [-0.1, -0.05) is 17.7 Å². The van der Waals surface area contributed by atoms with Gasteiger partial charge in [-0.15, -0.1) is 0 Å². The Morgan fingerprint density at radius 2 is 1.55 bits per heavy atom. The second kappa shape index (κ2) is 13.1. The maximum absolute atomic E-state index is 12.3. The molecule has 17 heteroatoms. The van der Waals surface area contributed by atoms with Gasteiger partial charge in [-0.3, -0.25) is 19.3 Å². The number of ketones is 1. The van der Waals surface area contributed by atoms with Gasteiger partial charge in [-0.25, -0.2) is 0 Å². The average molecular weight is 575 g/mol. The molecular weight excluding hydrogens is 562 g/mol. The van der Waals surface area contributed by atoms with Crippen molar-refractivity contribution in [2.45, 2.75) is 9.79 Å². The smallest absolute Gasteiger partial charge is 0.506 e. The normalized spacial score (nSPS) is 13.5. The van der Waals surface area contributed by atoms with Crippen molar-refractivity contribution in [1.82, 2.24) is 0 Å². The van der Waals surface area contributed by atoms with Crippen LogP contribution in [0.25, 0.3) is 6.08 Å². The number of phenols is 1. The number of anilines is 1. The molecule has 3 rings (SSSR count). The molecule has 0 saturated carbocycles. The number of nitrogens with zero attached hydrogens (tertiary/aromatic N) is 1. The predicted molar refractivity (Wildman–Crippen MR) is 107 cm³/mol. The molecule has 0 aliphatic heterocycles. The van der Waals surface area contributed by atoms with Crippen molar-refractivity contribution in [2.75, 3.05) is 5.43 Å². The summed E-state index contributed by atoms with van der Waals surface area (Å²) in [6.45, 7) is 0. The summed E-state index contributed by atoms with van der Waals surface area (Å²) < 4.78 is 65.3. The van der Waals surface area contributed by atoms with Gasteiger partial charge in [0.05, 0.1) is 10.6 Å². The fraction of sp³-hybridized carbons (Fsp3) is 0. The summed E-state index contributed by atoms with van der Waals surface area (Å²) in [4.78, 5) is 10.5. The van der Waals surface area contributed by atoms with Crippen molar-refractivity contribution in [3.8, 4) is 5.75 Å². The molecule has 0 heterocycles. The van der Waals surface area contributed by atoms with E-state index >= 15 is 0 Å². The van der Waals surface area contributed by atoms with E-state index in [1.54, 1.807) is 0 Å². The number of rotatable bonds is 4. The number of nitrogens with one attached hydrogen (secondary N) is 1. The number of halogens is 1. The molecule has 0 aromatic heterocycles. The summed E-state index contributed by atoms with van der Waals surface area (Å²) in [5, 5.41) is 13.9. The van der Waals surface area contributed by atoms with Gasteiger partial charge in [-0.2, -0.15) is 21.9 Å². The first-order valence-corrected chi connectivity index (χ1v) is 10.8. The molecule has 0 unspecified atom stereocenters. The van der Waals surface area contributed by atoms with Crippen molar-refractivity contribution >= 4 is 55.1 Å². The quantitative estimate of drug-likeness (QED) is 0.119. The van der Waals surface area contributed by atoms with E-state index in [9.17, 15) is 35.8 Å². The third kappa shape index (κ3) is 8.13. The van der Waals surface area contributed by atoms with Gasteiger partial charge in [0, 0.05) is 27.9 Å². The van der Waals surface area contributed by atoms with Gasteiger partial charge in [0.2, 0.25) is 5.78 Å². The Morgan fingerprint density at radius 1 is 0.939 bits per heavy atom. The zero-order chi connectivity index (χ0) is 21.6. The average Bonchev–Trinajstić information content (AvgIpc) is 2.61. The number of benzene rings is 2. The largest absolute Gasteiger partial charge is 1.00 e. The first-order chi connectivity index (χ1) is 13.4. The van der Waals surface area contributed by atoms with Crippen LogP contribution in [0.2, 0.25) is 5.02 Å². The van der Waals surface area contributed by atoms with Crippen molar-refractivity contribution in [2.24, 2.45) is 5.10 Å². The number of aromatic hydroxyl groups is 1. The molecule has 0 amide bonds. The van der Waals surface area contributed by atoms with Crippen LogP contribution in [0.15, 0.2) is 51.3 Å². The molecule has 0 radical (unpaired) electrons. The molecule has 0 saturated heterocycles. The SMILES string of the molecule is O.O=C1C=Cc2cc(S(=O)(=O)O)cc(S(=O)(=O)O)c2C1=NNc1cc(Cl)ccc1O.[Cr].[Na+].[Na+]. The van der Waals surface area contributed by atoms with E-state index in [1.165, 1.54) is 18.2 Å². The van der Waals surface area contributed by atoms with Gasteiger partial charge in [0.1, 0.15) is 16.4 Å². The Morgan fingerprint density at radius 3 is 2.09 bits per heavy atom. The van der Waals surface area contributed by atoms with Crippen molar-refractivity contribution < 1.29 is 118 Å². The van der Waals surface area contributed by atoms with Gasteiger partial charge < -0.3 is 10.6 Å². The minimum Gasteiger partial charge on any atom is -0.506 e. The maximum Gasteiger partial charge on any atom is 1.00 e.